The van der Waals surface area contributed by atoms with E-state index in [2.05, 4.69) is 0 Å². The number of ether oxygens (including phenoxy) is 1. The number of aliphatic hydroxyl groups excluding tert-OH is 1. The van der Waals surface area contributed by atoms with Crippen molar-refractivity contribution in [1.82, 2.24) is 4.90 Å². The lowest BCUT2D eigenvalue weighted by Gasteiger charge is -2.34. The van der Waals surface area contributed by atoms with Gasteiger partial charge in [-0.25, -0.2) is 4.79 Å². The van der Waals surface area contributed by atoms with Crippen LogP contribution in [0.15, 0.2) is 18.2 Å². The van der Waals surface area contributed by atoms with Crippen molar-refractivity contribution >= 4 is 11.7 Å². The molecule has 5 nitrogen and oxygen atoms in total. The molecule has 106 valence electrons. The highest BCUT2D eigenvalue weighted by atomic mass is 16.5. The number of anilines is 1. The molecule has 0 atom stereocenters. The molecule has 0 aliphatic carbocycles. The van der Waals surface area contributed by atoms with Crippen LogP contribution in [0.25, 0.3) is 0 Å². The number of benzene rings is 1. The first kappa shape index (κ1) is 15.5. The third kappa shape index (κ3) is 3.45. The van der Waals surface area contributed by atoms with Crippen molar-refractivity contribution in [2.45, 2.75) is 25.9 Å². The molecular weight excluding hydrogens is 244 g/mol. The number of rotatable bonds is 5. The van der Waals surface area contributed by atoms with Crippen LogP contribution in [0.5, 0.6) is 0 Å². The van der Waals surface area contributed by atoms with Gasteiger partial charge in [0.2, 0.25) is 0 Å². The van der Waals surface area contributed by atoms with Crippen LogP contribution in [0.3, 0.4) is 0 Å². The van der Waals surface area contributed by atoms with Gasteiger partial charge in [-0.05, 0) is 32.5 Å². The van der Waals surface area contributed by atoms with Crippen molar-refractivity contribution in [3.05, 3.63) is 29.3 Å². The first-order valence-electron chi connectivity index (χ1n) is 6.11. The average molecular weight is 266 g/mol. The monoisotopic (exact) mass is 266 g/mol. The molecule has 3 N–H and O–H groups in total. The maximum absolute atomic E-state index is 11.8. The van der Waals surface area contributed by atoms with E-state index in [0.717, 1.165) is 5.56 Å². The Labute approximate surface area is 114 Å². The summed E-state index contributed by atoms with van der Waals surface area (Å²) in [6, 6.07) is 5.32. The fourth-order valence-corrected chi connectivity index (χ4v) is 1.69. The second-order valence-corrected chi connectivity index (χ2v) is 5.20. The summed E-state index contributed by atoms with van der Waals surface area (Å²) in [5.74, 6) is -0.441. The van der Waals surface area contributed by atoms with Crippen LogP contribution in [-0.4, -0.2) is 42.3 Å². The van der Waals surface area contributed by atoms with Gasteiger partial charge in [-0.3, -0.25) is 4.90 Å². The number of methoxy groups -OCH3 is 1. The molecule has 0 aliphatic heterocycles. The van der Waals surface area contributed by atoms with E-state index in [0.29, 0.717) is 17.8 Å². The summed E-state index contributed by atoms with van der Waals surface area (Å²) in [6.07, 6.45) is 0. The van der Waals surface area contributed by atoms with E-state index >= 15 is 0 Å². The molecule has 0 saturated carbocycles. The molecule has 0 heterocycles. The van der Waals surface area contributed by atoms with Crippen LogP contribution in [-0.2, 0) is 11.3 Å². The second kappa shape index (κ2) is 6.04. The fourth-order valence-electron chi connectivity index (χ4n) is 1.69. The third-order valence-electron chi connectivity index (χ3n) is 3.40. The molecule has 0 aromatic heterocycles. The largest absolute Gasteiger partial charge is 0.465 e. The summed E-state index contributed by atoms with van der Waals surface area (Å²) >= 11 is 0. The maximum Gasteiger partial charge on any atom is 0.340 e. The smallest absolute Gasteiger partial charge is 0.340 e. The fraction of sp³-hybridized carbons (Fsp3) is 0.500. The van der Waals surface area contributed by atoms with E-state index in [-0.39, 0.29) is 12.1 Å². The Balaban J connectivity index is 3.08. The second-order valence-electron chi connectivity index (χ2n) is 5.20. The molecular formula is C14H22N2O3. The highest BCUT2D eigenvalue weighted by molar-refractivity contribution is 5.96. The zero-order chi connectivity index (χ0) is 14.6. The van der Waals surface area contributed by atoms with Crippen LogP contribution in [0, 0.1) is 0 Å². The lowest BCUT2D eigenvalue weighted by Crippen LogP contribution is -2.43. The number of nitrogens with two attached hydrogens (primary N) is 1. The van der Waals surface area contributed by atoms with Crippen molar-refractivity contribution in [2.24, 2.45) is 0 Å². The molecule has 1 aromatic rings. The van der Waals surface area contributed by atoms with Crippen molar-refractivity contribution in [3.8, 4) is 0 Å². The van der Waals surface area contributed by atoms with Crippen LogP contribution >= 0.6 is 0 Å². The van der Waals surface area contributed by atoms with Gasteiger partial charge in [-0.1, -0.05) is 12.1 Å². The van der Waals surface area contributed by atoms with E-state index < -0.39 is 5.97 Å². The normalized spacial score (nSPS) is 11.7. The molecule has 19 heavy (non-hydrogen) atoms. The molecule has 0 spiro atoms. The van der Waals surface area contributed by atoms with Gasteiger partial charge in [0, 0.05) is 17.8 Å². The average Bonchev–Trinajstić information content (AvgIpc) is 2.38. The summed E-state index contributed by atoms with van der Waals surface area (Å²) < 4.78 is 4.76. The first-order valence-corrected chi connectivity index (χ1v) is 6.11. The van der Waals surface area contributed by atoms with Gasteiger partial charge in [-0.2, -0.15) is 0 Å². The Morgan fingerprint density at radius 1 is 1.47 bits per heavy atom. The summed E-state index contributed by atoms with van der Waals surface area (Å²) in [4.78, 5) is 13.8. The van der Waals surface area contributed by atoms with Gasteiger partial charge >= 0.3 is 5.97 Å². The Morgan fingerprint density at radius 3 is 2.63 bits per heavy atom. The zero-order valence-electron chi connectivity index (χ0n) is 11.9. The van der Waals surface area contributed by atoms with Crippen molar-refractivity contribution in [1.29, 1.82) is 0 Å². The Bertz CT molecular complexity index is 458. The van der Waals surface area contributed by atoms with E-state index in [1.165, 1.54) is 7.11 Å². The molecule has 0 bridgehead atoms. The molecule has 5 heteroatoms. The molecule has 0 fully saturated rings. The standard InChI is InChI=1S/C14H22N2O3/c1-14(2,9-17)16(3)8-10-6-5-7-11(15)12(10)13(18)19-4/h5-7,17H,8-9,15H2,1-4H3. The predicted molar refractivity (Wildman–Crippen MR) is 74.8 cm³/mol. The van der Waals surface area contributed by atoms with Gasteiger partial charge in [0.15, 0.2) is 0 Å². The summed E-state index contributed by atoms with van der Waals surface area (Å²) in [5, 5.41) is 9.36. The van der Waals surface area contributed by atoms with Gasteiger partial charge in [0.25, 0.3) is 0 Å². The van der Waals surface area contributed by atoms with Crippen LogP contribution in [0.1, 0.15) is 29.8 Å². The van der Waals surface area contributed by atoms with E-state index in [9.17, 15) is 9.90 Å². The van der Waals surface area contributed by atoms with E-state index in [4.69, 9.17) is 10.5 Å². The van der Waals surface area contributed by atoms with Crippen molar-refractivity contribution in [2.75, 3.05) is 26.5 Å². The molecule has 1 aromatic carbocycles. The van der Waals surface area contributed by atoms with Crippen LogP contribution in [0.2, 0.25) is 0 Å². The first-order chi connectivity index (χ1) is 8.83. The van der Waals surface area contributed by atoms with Crippen molar-refractivity contribution < 1.29 is 14.6 Å². The SMILES string of the molecule is COC(=O)c1c(N)cccc1CN(C)C(C)(C)CO. The van der Waals surface area contributed by atoms with E-state index in [1.807, 2.05) is 31.9 Å². The van der Waals surface area contributed by atoms with E-state index in [1.54, 1.807) is 12.1 Å². The minimum absolute atomic E-state index is 0.0272. The molecule has 1 rings (SSSR count). The van der Waals surface area contributed by atoms with Crippen LogP contribution < -0.4 is 5.73 Å². The number of likely N-dealkylation sites (N-methyl/N-ethyl adjacent to an activating group) is 1. The topological polar surface area (TPSA) is 75.8 Å². The molecule has 0 unspecified atom stereocenters. The number of hydrogen-bond acceptors (Lipinski definition) is 5. The minimum Gasteiger partial charge on any atom is -0.465 e. The summed E-state index contributed by atoms with van der Waals surface area (Å²) in [7, 11) is 3.22. The van der Waals surface area contributed by atoms with Crippen molar-refractivity contribution in [3.63, 3.8) is 0 Å². The lowest BCUT2D eigenvalue weighted by molar-refractivity contribution is 0.0588. The quantitative estimate of drug-likeness (QED) is 0.620. The van der Waals surface area contributed by atoms with Gasteiger partial charge < -0.3 is 15.6 Å². The molecule has 0 amide bonds. The Kier molecular flexibility index (Phi) is 4.91. The summed E-state index contributed by atoms with van der Waals surface area (Å²) in [5.41, 5.74) is 7.05. The minimum atomic E-state index is -0.441. The highest BCUT2D eigenvalue weighted by Gasteiger charge is 2.24. The molecule has 0 aliphatic rings. The van der Waals surface area contributed by atoms with Crippen LogP contribution in [0.4, 0.5) is 5.69 Å². The number of aliphatic hydroxyl groups is 1. The number of hydrogen-bond donors (Lipinski definition) is 2. The van der Waals surface area contributed by atoms with Gasteiger partial charge in [0.05, 0.1) is 19.3 Å². The zero-order valence-corrected chi connectivity index (χ0v) is 11.9. The number of esters is 1. The Morgan fingerprint density at radius 2 is 2.11 bits per heavy atom. The third-order valence-corrected chi connectivity index (χ3v) is 3.40. The highest BCUT2D eigenvalue weighted by Crippen LogP contribution is 2.22. The summed E-state index contributed by atoms with van der Waals surface area (Å²) in [6.45, 7) is 4.39. The maximum atomic E-state index is 11.8. The predicted octanol–water partition coefficient (Wildman–Crippen LogP) is 1.26. The molecule has 0 radical (unpaired) electrons. The number of nitrogens with zero attached hydrogens (tertiary/aromatic N) is 1. The van der Waals surface area contributed by atoms with Gasteiger partial charge in [0.1, 0.15) is 0 Å². The number of carbonyl (C=O) groups is 1. The molecule has 0 saturated heterocycles. The van der Waals surface area contributed by atoms with Gasteiger partial charge in [-0.15, -0.1) is 0 Å². The number of nitrogen functional groups attached to an aromatic ring is 1. The number of carbonyl (C=O) groups excluding carboxylic acids is 1. The lowest BCUT2D eigenvalue weighted by atomic mass is 10.0. The Hall–Kier alpha value is -1.59.